The Morgan fingerprint density at radius 2 is 1.88 bits per heavy atom. The molecule has 7 heteroatoms. The summed E-state index contributed by atoms with van der Waals surface area (Å²) in [4.78, 5) is 13.2. The molecule has 26 heavy (non-hydrogen) atoms. The molecule has 0 aliphatic heterocycles. The zero-order valence-corrected chi connectivity index (χ0v) is 16.1. The molecule has 1 saturated carbocycles. The molecule has 1 heterocycles. The van der Waals surface area contributed by atoms with Crippen LogP contribution in [0.3, 0.4) is 0 Å². The monoisotopic (exact) mass is 395 g/mol. The Labute approximate surface area is 158 Å². The van der Waals surface area contributed by atoms with Gasteiger partial charge in [-0.05, 0) is 56.2 Å². The molecule has 1 aliphatic carbocycles. The van der Waals surface area contributed by atoms with Crippen molar-refractivity contribution in [3.05, 3.63) is 53.4 Å². The van der Waals surface area contributed by atoms with E-state index in [1.165, 1.54) is 24.3 Å². The van der Waals surface area contributed by atoms with Crippen molar-refractivity contribution in [1.82, 2.24) is 5.32 Å². The third-order valence-electron chi connectivity index (χ3n) is 4.93. The lowest BCUT2D eigenvalue weighted by atomic mass is 10.1. The molecular formula is C19H22ClNO4S. The van der Waals surface area contributed by atoms with Crippen LogP contribution in [0.4, 0.5) is 0 Å². The highest BCUT2D eigenvalue weighted by molar-refractivity contribution is 7.93. The Hall–Kier alpha value is -1.79. The molecule has 140 valence electrons. The molecule has 1 aromatic heterocycles. The van der Waals surface area contributed by atoms with Crippen LogP contribution in [0.1, 0.15) is 38.4 Å². The van der Waals surface area contributed by atoms with E-state index in [0.29, 0.717) is 37.1 Å². The molecule has 3 rings (SSSR count). The number of nitrogens with one attached hydrogen (secondary N) is 1. The van der Waals surface area contributed by atoms with Gasteiger partial charge in [0.25, 0.3) is 0 Å². The second-order valence-corrected chi connectivity index (χ2v) is 9.51. The van der Waals surface area contributed by atoms with E-state index in [-0.39, 0.29) is 10.9 Å². The zero-order valence-electron chi connectivity index (χ0n) is 14.6. The van der Waals surface area contributed by atoms with Crippen LogP contribution < -0.4 is 5.32 Å². The molecule has 0 radical (unpaired) electrons. The molecule has 1 unspecified atom stereocenters. The zero-order chi connectivity index (χ0) is 18.8. The van der Waals surface area contributed by atoms with E-state index in [1.807, 2.05) is 13.0 Å². The topological polar surface area (TPSA) is 76.4 Å². The first-order valence-electron chi connectivity index (χ1n) is 8.69. The number of hydrogen-bond donors (Lipinski definition) is 1. The second kappa shape index (κ2) is 7.45. The Morgan fingerprint density at radius 3 is 2.46 bits per heavy atom. The van der Waals surface area contributed by atoms with Crippen LogP contribution >= 0.6 is 11.6 Å². The summed E-state index contributed by atoms with van der Waals surface area (Å²) >= 11 is 5.87. The summed E-state index contributed by atoms with van der Waals surface area (Å²) in [6, 6.07) is 9.40. The summed E-state index contributed by atoms with van der Waals surface area (Å²) in [5.41, 5.74) is 0. The summed E-state index contributed by atoms with van der Waals surface area (Å²) in [6.07, 6.45) is 4.18. The van der Waals surface area contributed by atoms with E-state index in [2.05, 4.69) is 5.32 Å². The first kappa shape index (κ1) is 19.0. The number of carbonyl (C=O) groups is 1. The Balaban J connectivity index is 1.84. The van der Waals surface area contributed by atoms with Gasteiger partial charge >= 0.3 is 0 Å². The SMILES string of the molecule is CC(Cc1ccco1)NC(=O)C1(S(=O)(=O)c2ccc(Cl)cc2)CCCC1. The normalized spacial score (nSPS) is 17.8. The van der Waals surface area contributed by atoms with Crippen LogP contribution in [0.2, 0.25) is 5.02 Å². The van der Waals surface area contributed by atoms with Gasteiger partial charge in [0.2, 0.25) is 5.91 Å². The molecule has 0 spiro atoms. The van der Waals surface area contributed by atoms with Crippen molar-refractivity contribution in [2.75, 3.05) is 0 Å². The van der Waals surface area contributed by atoms with Crippen LogP contribution in [-0.4, -0.2) is 25.1 Å². The standard InChI is InChI=1S/C19H22ClNO4S/c1-14(13-16-5-4-12-25-16)21-18(22)19(10-2-3-11-19)26(23,24)17-8-6-15(20)7-9-17/h4-9,12,14H,2-3,10-11,13H2,1H3,(H,21,22). The fourth-order valence-electron chi connectivity index (χ4n) is 3.54. The number of amides is 1. The number of carbonyl (C=O) groups excluding carboxylic acids is 1. The van der Waals surface area contributed by atoms with Gasteiger partial charge in [-0.15, -0.1) is 0 Å². The molecule has 1 fully saturated rings. The number of rotatable bonds is 6. The third-order valence-corrected chi connectivity index (χ3v) is 7.70. The molecule has 1 atom stereocenters. The smallest absolute Gasteiger partial charge is 0.242 e. The maximum Gasteiger partial charge on any atom is 0.242 e. The summed E-state index contributed by atoms with van der Waals surface area (Å²) in [7, 11) is -3.82. The predicted molar refractivity (Wildman–Crippen MR) is 99.9 cm³/mol. The van der Waals surface area contributed by atoms with Crippen LogP contribution in [-0.2, 0) is 21.1 Å². The second-order valence-electron chi connectivity index (χ2n) is 6.82. The van der Waals surface area contributed by atoms with Gasteiger partial charge in [0, 0.05) is 17.5 Å². The summed E-state index contributed by atoms with van der Waals surface area (Å²) in [6.45, 7) is 1.85. The highest BCUT2D eigenvalue weighted by Crippen LogP contribution is 2.41. The number of hydrogen-bond acceptors (Lipinski definition) is 4. The molecular weight excluding hydrogens is 374 g/mol. The van der Waals surface area contributed by atoms with E-state index < -0.39 is 20.5 Å². The lowest BCUT2D eigenvalue weighted by molar-refractivity contribution is -0.124. The Bertz CT molecular complexity index is 853. The largest absolute Gasteiger partial charge is 0.469 e. The van der Waals surface area contributed by atoms with Gasteiger partial charge in [0.1, 0.15) is 5.76 Å². The van der Waals surface area contributed by atoms with Crippen molar-refractivity contribution in [1.29, 1.82) is 0 Å². The predicted octanol–water partition coefficient (Wildman–Crippen LogP) is 3.77. The summed E-state index contributed by atoms with van der Waals surface area (Å²) < 4.78 is 30.5. The van der Waals surface area contributed by atoms with Crippen LogP contribution in [0.25, 0.3) is 0 Å². The van der Waals surface area contributed by atoms with Crippen LogP contribution in [0, 0.1) is 0 Å². The molecule has 2 aromatic rings. The lowest BCUT2D eigenvalue weighted by Crippen LogP contribution is -2.53. The van der Waals surface area contributed by atoms with E-state index in [0.717, 1.165) is 5.76 Å². The molecule has 1 N–H and O–H groups in total. The van der Waals surface area contributed by atoms with Crippen molar-refractivity contribution in [2.24, 2.45) is 0 Å². The average molecular weight is 396 g/mol. The van der Waals surface area contributed by atoms with Crippen molar-refractivity contribution in [3.8, 4) is 0 Å². The Morgan fingerprint density at radius 1 is 1.23 bits per heavy atom. The van der Waals surface area contributed by atoms with Gasteiger partial charge in [-0.3, -0.25) is 4.79 Å². The van der Waals surface area contributed by atoms with Crippen molar-refractivity contribution in [3.63, 3.8) is 0 Å². The molecule has 0 bridgehead atoms. The van der Waals surface area contributed by atoms with E-state index >= 15 is 0 Å². The number of halogens is 1. The lowest BCUT2D eigenvalue weighted by Gasteiger charge is -2.29. The minimum Gasteiger partial charge on any atom is -0.469 e. The Kier molecular flexibility index (Phi) is 5.44. The first-order chi connectivity index (χ1) is 12.3. The quantitative estimate of drug-likeness (QED) is 0.807. The number of furan rings is 1. The van der Waals surface area contributed by atoms with Gasteiger partial charge in [0.15, 0.2) is 14.6 Å². The van der Waals surface area contributed by atoms with Gasteiger partial charge < -0.3 is 9.73 Å². The third kappa shape index (κ3) is 3.53. The molecule has 1 aromatic carbocycles. The fraction of sp³-hybridized carbons (Fsp3) is 0.421. The van der Waals surface area contributed by atoms with Crippen LogP contribution in [0.5, 0.6) is 0 Å². The van der Waals surface area contributed by atoms with Gasteiger partial charge in [-0.2, -0.15) is 0 Å². The van der Waals surface area contributed by atoms with E-state index in [9.17, 15) is 13.2 Å². The van der Waals surface area contributed by atoms with Gasteiger partial charge in [0.05, 0.1) is 11.2 Å². The van der Waals surface area contributed by atoms with Crippen molar-refractivity contribution < 1.29 is 17.6 Å². The molecule has 5 nitrogen and oxygen atoms in total. The van der Waals surface area contributed by atoms with Crippen molar-refractivity contribution >= 4 is 27.3 Å². The fourth-order valence-corrected chi connectivity index (χ4v) is 5.74. The minimum atomic E-state index is -3.82. The molecule has 1 amide bonds. The van der Waals surface area contributed by atoms with Crippen molar-refractivity contribution in [2.45, 2.75) is 54.7 Å². The van der Waals surface area contributed by atoms with E-state index in [1.54, 1.807) is 12.3 Å². The summed E-state index contributed by atoms with van der Waals surface area (Å²) in [5, 5.41) is 3.34. The highest BCUT2D eigenvalue weighted by Gasteiger charge is 2.53. The summed E-state index contributed by atoms with van der Waals surface area (Å²) in [5.74, 6) is 0.322. The minimum absolute atomic E-state index is 0.137. The average Bonchev–Trinajstić information content (AvgIpc) is 3.27. The highest BCUT2D eigenvalue weighted by atomic mass is 35.5. The van der Waals surface area contributed by atoms with E-state index in [4.69, 9.17) is 16.0 Å². The first-order valence-corrected chi connectivity index (χ1v) is 10.5. The molecule has 0 saturated heterocycles. The molecule has 1 aliphatic rings. The number of benzene rings is 1. The van der Waals surface area contributed by atoms with Gasteiger partial charge in [-0.25, -0.2) is 8.42 Å². The van der Waals surface area contributed by atoms with Gasteiger partial charge in [-0.1, -0.05) is 24.4 Å². The van der Waals surface area contributed by atoms with Crippen LogP contribution in [0.15, 0.2) is 52.0 Å². The maximum atomic E-state index is 13.3. The maximum absolute atomic E-state index is 13.3. The number of sulfone groups is 1.